The van der Waals surface area contributed by atoms with Crippen molar-refractivity contribution in [3.63, 3.8) is 0 Å². The molecule has 2 N–H and O–H groups in total. The third-order valence-electron chi connectivity index (χ3n) is 12.5. The maximum Gasteiger partial charge on any atom is 0.335 e. The molecule has 0 amide bonds. The van der Waals surface area contributed by atoms with Gasteiger partial charge in [-0.25, -0.2) is 4.79 Å². The Morgan fingerprint density at radius 3 is 1.75 bits per heavy atom. The number of carbonyl (C=O) groups is 2. The lowest BCUT2D eigenvalue weighted by Gasteiger charge is -2.40. The van der Waals surface area contributed by atoms with Crippen LogP contribution in [0, 0.1) is 29.1 Å². The molecule has 2 aliphatic rings. The highest BCUT2D eigenvalue weighted by Gasteiger charge is 2.34. The lowest BCUT2D eigenvalue weighted by molar-refractivity contribution is -0.156. The van der Waals surface area contributed by atoms with Crippen molar-refractivity contribution in [3.05, 3.63) is 82.9 Å². The van der Waals surface area contributed by atoms with Crippen LogP contribution in [-0.2, 0) is 38.3 Å². The third kappa shape index (κ3) is 14.0. The SMILES string of the molecule is C=C(CO)C(=O)OCCCC(CCCOC(=O)C(C)(C)CO)C1CCC(C2CCC(c3ccc(CCc4ccc(CCCCC)cc4)cc3)CC2)CC1. The van der Waals surface area contributed by atoms with Gasteiger partial charge in [0.15, 0.2) is 0 Å². The molecule has 4 rings (SSSR count). The van der Waals surface area contributed by atoms with Crippen LogP contribution < -0.4 is 0 Å². The summed E-state index contributed by atoms with van der Waals surface area (Å²) in [5, 5.41) is 18.7. The van der Waals surface area contributed by atoms with Gasteiger partial charge in [-0.1, -0.05) is 74.9 Å². The van der Waals surface area contributed by atoms with Gasteiger partial charge < -0.3 is 19.7 Å². The molecule has 0 bridgehead atoms. The normalized spacial score (nSPS) is 21.2. The van der Waals surface area contributed by atoms with Gasteiger partial charge in [-0.05, 0) is 168 Å². The highest BCUT2D eigenvalue weighted by molar-refractivity contribution is 5.87. The molecule has 2 aliphatic carbocycles. The first-order valence-electron chi connectivity index (χ1n) is 21.0. The van der Waals surface area contributed by atoms with Crippen LogP contribution in [0.3, 0.4) is 0 Å². The minimum absolute atomic E-state index is 0.0834. The number of aryl methyl sites for hydroxylation is 3. The second-order valence-corrected chi connectivity index (χ2v) is 16.9. The van der Waals surface area contributed by atoms with Crippen LogP contribution in [-0.4, -0.2) is 48.6 Å². The number of hydrogen-bond donors (Lipinski definition) is 2. The van der Waals surface area contributed by atoms with Crippen LogP contribution in [0.1, 0.15) is 145 Å². The number of carbonyl (C=O) groups excluding carboxylic acids is 2. The summed E-state index contributed by atoms with van der Waals surface area (Å²) in [7, 11) is 0. The summed E-state index contributed by atoms with van der Waals surface area (Å²) >= 11 is 0. The number of ether oxygens (including phenoxy) is 2. The van der Waals surface area contributed by atoms with Crippen molar-refractivity contribution in [2.45, 2.75) is 142 Å². The van der Waals surface area contributed by atoms with Crippen molar-refractivity contribution in [2.24, 2.45) is 29.1 Å². The summed E-state index contributed by atoms with van der Waals surface area (Å²) in [5.74, 6) is 2.55. The van der Waals surface area contributed by atoms with E-state index in [1.54, 1.807) is 13.8 Å². The highest BCUT2D eigenvalue weighted by Crippen LogP contribution is 2.46. The number of hydrogen-bond acceptors (Lipinski definition) is 6. The van der Waals surface area contributed by atoms with Gasteiger partial charge in [-0.3, -0.25) is 4.79 Å². The zero-order valence-electron chi connectivity index (χ0n) is 33.3. The van der Waals surface area contributed by atoms with Crippen LogP contribution in [0.5, 0.6) is 0 Å². The van der Waals surface area contributed by atoms with E-state index in [2.05, 4.69) is 62.0 Å². The molecule has 2 aromatic carbocycles. The van der Waals surface area contributed by atoms with Gasteiger partial charge in [0, 0.05) is 0 Å². The number of benzene rings is 2. The molecule has 2 saturated carbocycles. The van der Waals surface area contributed by atoms with Crippen LogP contribution in [0.25, 0.3) is 0 Å². The lowest BCUT2D eigenvalue weighted by Crippen LogP contribution is -2.31. The molecule has 6 heteroatoms. The maximum atomic E-state index is 12.3. The van der Waals surface area contributed by atoms with Crippen LogP contribution in [0.4, 0.5) is 0 Å². The lowest BCUT2D eigenvalue weighted by atomic mass is 9.66. The van der Waals surface area contributed by atoms with E-state index < -0.39 is 11.4 Å². The molecule has 294 valence electrons. The van der Waals surface area contributed by atoms with Crippen molar-refractivity contribution < 1.29 is 29.3 Å². The quantitative estimate of drug-likeness (QED) is 0.0712. The number of esters is 2. The van der Waals surface area contributed by atoms with E-state index in [9.17, 15) is 14.7 Å². The van der Waals surface area contributed by atoms with Crippen LogP contribution in [0.15, 0.2) is 60.7 Å². The molecule has 53 heavy (non-hydrogen) atoms. The predicted molar refractivity (Wildman–Crippen MR) is 215 cm³/mol. The van der Waals surface area contributed by atoms with Gasteiger partial charge in [0.05, 0.1) is 37.4 Å². The third-order valence-corrected chi connectivity index (χ3v) is 12.5. The van der Waals surface area contributed by atoms with E-state index in [-0.39, 0.29) is 24.8 Å². The molecule has 1 unspecified atom stereocenters. The van der Waals surface area contributed by atoms with Gasteiger partial charge >= 0.3 is 11.9 Å². The average molecular weight is 731 g/mol. The smallest absolute Gasteiger partial charge is 0.335 e. The summed E-state index contributed by atoms with van der Waals surface area (Å²) < 4.78 is 10.8. The Morgan fingerprint density at radius 1 is 0.717 bits per heavy atom. The fourth-order valence-corrected chi connectivity index (χ4v) is 8.77. The standard InChI is InChI=1S/C47H70O6/c1-5-6-7-10-36-13-15-37(16-14-36)17-18-38-19-21-40(22-20-38)42-27-29-44(30-28-42)43-25-23-41(24-26-43)39(11-8-31-52-45(50)35(2)33-48)12-9-32-53-46(51)47(3,4)34-49/h13-16,19-22,39,41-44,48-49H,2,5-12,17-18,23-34H2,1,3-4H3. The predicted octanol–water partition coefficient (Wildman–Crippen LogP) is 10.1. The molecule has 0 spiro atoms. The molecule has 0 aliphatic heterocycles. The first kappa shape index (κ1) is 42.8. The summed E-state index contributed by atoms with van der Waals surface area (Å²) in [5.41, 5.74) is 5.05. The van der Waals surface area contributed by atoms with Gasteiger partial charge in [0.1, 0.15) is 0 Å². The van der Waals surface area contributed by atoms with E-state index >= 15 is 0 Å². The molecule has 0 aromatic heterocycles. The second-order valence-electron chi connectivity index (χ2n) is 16.9. The molecule has 2 aromatic rings. The fraction of sp³-hybridized carbons (Fsp3) is 0.660. The monoisotopic (exact) mass is 731 g/mol. The van der Waals surface area contributed by atoms with Crippen LogP contribution >= 0.6 is 0 Å². The van der Waals surface area contributed by atoms with E-state index in [0.717, 1.165) is 50.4 Å². The van der Waals surface area contributed by atoms with Gasteiger partial charge in [0.2, 0.25) is 0 Å². The summed E-state index contributed by atoms with van der Waals surface area (Å²) in [4.78, 5) is 24.3. The average Bonchev–Trinajstić information content (AvgIpc) is 3.19. The Kier molecular flexibility index (Phi) is 18.1. The molecule has 0 saturated heterocycles. The molecule has 0 radical (unpaired) electrons. The molecular formula is C47H70O6. The van der Waals surface area contributed by atoms with Crippen molar-refractivity contribution >= 4 is 11.9 Å². The van der Waals surface area contributed by atoms with Gasteiger partial charge in [-0.15, -0.1) is 0 Å². The topological polar surface area (TPSA) is 93.1 Å². The first-order valence-corrected chi connectivity index (χ1v) is 21.0. The molecule has 1 atom stereocenters. The second kappa shape index (κ2) is 22.4. The summed E-state index contributed by atoms with van der Waals surface area (Å²) in [6, 6.07) is 18.8. The molecule has 6 nitrogen and oxygen atoms in total. The fourth-order valence-electron chi connectivity index (χ4n) is 8.77. The van der Waals surface area contributed by atoms with Crippen LogP contribution in [0.2, 0.25) is 0 Å². The van der Waals surface area contributed by atoms with Gasteiger partial charge in [-0.2, -0.15) is 0 Å². The highest BCUT2D eigenvalue weighted by atomic mass is 16.5. The zero-order chi connectivity index (χ0) is 38.1. The molecule has 2 fully saturated rings. The van der Waals surface area contributed by atoms with Gasteiger partial charge in [0.25, 0.3) is 0 Å². The van der Waals surface area contributed by atoms with E-state index in [4.69, 9.17) is 14.6 Å². The Bertz CT molecular complexity index is 1360. The van der Waals surface area contributed by atoms with E-state index in [0.29, 0.717) is 31.0 Å². The first-order chi connectivity index (χ1) is 25.6. The molecular weight excluding hydrogens is 661 g/mol. The minimum Gasteiger partial charge on any atom is -0.465 e. The largest absolute Gasteiger partial charge is 0.465 e. The van der Waals surface area contributed by atoms with Crippen molar-refractivity contribution in [3.8, 4) is 0 Å². The summed E-state index contributed by atoms with van der Waals surface area (Å²) in [6.45, 7) is 9.28. The number of aliphatic hydroxyl groups excluding tert-OH is 2. The zero-order valence-corrected chi connectivity index (χ0v) is 33.3. The Morgan fingerprint density at radius 2 is 1.23 bits per heavy atom. The van der Waals surface area contributed by atoms with Crippen molar-refractivity contribution in [1.82, 2.24) is 0 Å². The Balaban J connectivity index is 1.19. The van der Waals surface area contributed by atoms with E-state index in [1.807, 2.05) is 0 Å². The van der Waals surface area contributed by atoms with E-state index in [1.165, 1.54) is 99.3 Å². The maximum absolute atomic E-state index is 12.3. The van der Waals surface area contributed by atoms with Crippen molar-refractivity contribution in [2.75, 3.05) is 26.4 Å². The number of rotatable bonds is 22. The minimum atomic E-state index is -0.884. The number of aliphatic hydroxyl groups is 2. The molecule has 0 heterocycles. The Labute approximate surface area is 321 Å². The number of unbranched alkanes of at least 4 members (excludes halogenated alkanes) is 2. The summed E-state index contributed by atoms with van der Waals surface area (Å²) in [6.07, 6.45) is 21.1. The Hall–Kier alpha value is -2.96. The van der Waals surface area contributed by atoms with Crippen molar-refractivity contribution in [1.29, 1.82) is 0 Å².